The Morgan fingerprint density at radius 1 is 1.33 bits per heavy atom. The number of nitrogens with zero attached hydrogens (tertiary/aromatic N) is 1. The first-order valence-electron chi connectivity index (χ1n) is 3.13. The summed E-state index contributed by atoms with van der Waals surface area (Å²) in [5, 5.41) is 9.49. The molecule has 1 aromatic rings. The zero-order valence-corrected chi connectivity index (χ0v) is 8.21. The molecule has 0 aliphatic rings. The summed E-state index contributed by atoms with van der Waals surface area (Å²) >= 11 is 17.1. The van der Waals surface area contributed by atoms with Crippen molar-refractivity contribution in [2.45, 2.75) is 5.88 Å². The highest BCUT2D eigenvalue weighted by atomic mass is 35.5. The summed E-state index contributed by atoms with van der Waals surface area (Å²) in [5.74, 6) is 0.258. The minimum atomic E-state index is 0.258. The topological polar surface area (TPSA) is 23.8 Å². The lowest BCUT2D eigenvalue weighted by atomic mass is 10.1. The Bertz CT molecular complexity index is 341. The molecule has 0 aromatic heterocycles. The lowest BCUT2D eigenvalue weighted by Gasteiger charge is -2.01. The van der Waals surface area contributed by atoms with Crippen LogP contribution in [0.2, 0.25) is 10.0 Å². The second kappa shape index (κ2) is 4.00. The molecule has 0 atom stereocenters. The molecule has 62 valence electrons. The molecule has 4 heteroatoms. The molecule has 1 rings (SSSR count). The highest BCUT2D eigenvalue weighted by molar-refractivity contribution is 6.35. The van der Waals surface area contributed by atoms with Crippen molar-refractivity contribution in [2.24, 2.45) is 0 Å². The molecule has 0 aliphatic carbocycles. The van der Waals surface area contributed by atoms with Crippen LogP contribution in [0, 0.1) is 11.3 Å². The van der Waals surface area contributed by atoms with E-state index in [0.29, 0.717) is 21.2 Å². The van der Waals surface area contributed by atoms with Crippen molar-refractivity contribution in [1.82, 2.24) is 0 Å². The van der Waals surface area contributed by atoms with Gasteiger partial charge in [0, 0.05) is 10.9 Å². The summed E-state index contributed by atoms with van der Waals surface area (Å²) < 4.78 is 0. The van der Waals surface area contributed by atoms with Gasteiger partial charge in [-0.3, -0.25) is 0 Å². The van der Waals surface area contributed by atoms with E-state index in [0.717, 1.165) is 0 Å². The number of nitriles is 1. The Hall–Kier alpha value is -0.420. The summed E-state index contributed by atoms with van der Waals surface area (Å²) in [6, 6.07) is 5.10. The van der Waals surface area contributed by atoms with Crippen LogP contribution in [0.25, 0.3) is 0 Å². The third-order valence-corrected chi connectivity index (χ3v) is 2.33. The zero-order valence-electron chi connectivity index (χ0n) is 5.94. The Balaban J connectivity index is 3.34. The van der Waals surface area contributed by atoms with Gasteiger partial charge in [-0.2, -0.15) is 5.26 Å². The fourth-order valence-electron chi connectivity index (χ4n) is 0.824. The Morgan fingerprint density at radius 2 is 2.00 bits per heavy atom. The van der Waals surface area contributed by atoms with Crippen molar-refractivity contribution < 1.29 is 0 Å². The van der Waals surface area contributed by atoms with Crippen molar-refractivity contribution in [3.8, 4) is 6.07 Å². The van der Waals surface area contributed by atoms with Gasteiger partial charge in [0.15, 0.2) is 0 Å². The first-order valence-corrected chi connectivity index (χ1v) is 4.42. The first-order chi connectivity index (χ1) is 5.69. The van der Waals surface area contributed by atoms with Gasteiger partial charge in [-0.25, -0.2) is 0 Å². The number of rotatable bonds is 1. The minimum absolute atomic E-state index is 0.258. The van der Waals surface area contributed by atoms with Gasteiger partial charge in [0.2, 0.25) is 0 Å². The van der Waals surface area contributed by atoms with Crippen molar-refractivity contribution in [3.05, 3.63) is 33.3 Å². The fourth-order valence-corrected chi connectivity index (χ4v) is 1.56. The number of hydrogen-bond donors (Lipinski definition) is 0. The number of alkyl halides is 1. The van der Waals surface area contributed by atoms with Gasteiger partial charge in [0.1, 0.15) is 6.07 Å². The summed E-state index contributed by atoms with van der Waals surface area (Å²) in [6.07, 6.45) is 0. The number of benzene rings is 1. The quantitative estimate of drug-likeness (QED) is 0.663. The Kier molecular flexibility index (Phi) is 3.22. The molecule has 0 aliphatic heterocycles. The first kappa shape index (κ1) is 9.67. The van der Waals surface area contributed by atoms with E-state index in [4.69, 9.17) is 40.1 Å². The van der Waals surface area contributed by atoms with Crippen LogP contribution in [0.15, 0.2) is 12.1 Å². The van der Waals surface area contributed by atoms with E-state index in [1.165, 1.54) is 6.07 Å². The predicted octanol–water partition coefficient (Wildman–Crippen LogP) is 3.60. The fraction of sp³-hybridized carbons (Fsp3) is 0.125. The summed E-state index contributed by atoms with van der Waals surface area (Å²) in [7, 11) is 0. The Labute approximate surface area is 85.5 Å². The summed E-state index contributed by atoms with van der Waals surface area (Å²) in [6.45, 7) is 0. The largest absolute Gasteiger partial charge is 0.192 e. The average molecular weight is 220 g/mol. The van der Waals surface area contributed by atoms with Crippen molar-refractivity contribution in [1.29, 1.82) is 5.26 Å². The van der Waals surface area contributed by atoms with E-state index in [9.17, 15) is 0 Å². The van der Waals surface area contributed by atoms with Crippen LogP contribution in [0.5, 0.6) is 0 Å². The van der Waals surface area contributed by atoms with Crippen LogP contribution < -0.4 is 0 Å². The van der Waals surface area contributed by atoms with Crippen LogP contribution in [-0.2, 0) is 5.88 Å². The molecule has 0 N–H and O–H groups in total. The van der Waals surface area contributed by atoms with Gasteiger partial charge >= 0.3 is 0 Å². The SMILES string of the molecule is N#Cc1cc(Cl)cc(CCl)c1Cl. The normalized spacial score (nSPS) is 9.50. The monoisotopic (exact) mass is 219 g/mol. The molecular weight excluding hydrogens is 216 g/mol. The maximum absolute atomic E-state index is 8.63. The van der Waals surface area contributed by atoms with Crippen LogP contribution in [-0.4, -0.2) is 0 Å². The average Bonchev–Trinajstić information content (AvgIpc) is 2.08. The number of hydrogen-bond acceptors (Lipinski definition) is 1. The molecule has 0 spiro atoms. The van der Waals surface area contributed by atoms with Crippen molar-refractivity contribution >= 4 is 34.8 Å². The number of halogens is 3. The van der Waals surface area contributed by atoms with Gasteiger partial charge in [0.05, 0.1) is 10.6 Å². The second-order valence-corrected chi connectivity index (χ2v) is 3.25. The summed E-state index contributed by atoms with van der Waals surface area (Å²) in [5.41, 5.74) is 1.04. The van der Waals surface area contributed by atoms with Gasteiger partial charge in [-0.05, 0) is 17.7 Å². The van der Waals surface area contributed by atoms with Crippen LogP contribution in [0.1, 0.15) is 11.1 Å². The zero-order chi connectivity index (χ0) is 9.14. The molecule has 1 aromatic carbocycles. The predicted molar refractivity (Wildman–Crippen MR) is 50.7 cm³/mol. The molecule has 0 radical (unpaired) electrons. The van der Waals surface area contributed by atoms with Crippen molar-refractivity contribution in [3.63, 3.8) is 0 Å². The van der Waals surface area contributed by atoms with Gasteiger partial charge in [0.25, 0.3) is 0 Å². The van der Waals surface area contributed by atoms with E-state index in [2.05, 4.69) is 0 Å². The smallest absolute Gasteiger partial charge is 0.101 e. The maximum atomic E-state index is 8.63. The van der Waals surface area contributed by atoms with Crippen LogP contribution in [0.4, 0.5) is 0 Å². The van der Waals surface area contributed by atoms with E-state index >= 15 is 0 Å². The summed E-state index contributed by atoms with van der Waals surface area (Å²) in [4.78, 5) is 0. The molecule has 1 nitrogen and oxygen atoms in total. The lowest BCUT2D eigenvalue weighted by molar-refractivity contribution is 1.37. The molecule has 0 bridgehead atoms. The molecule has 0 fully saturated rings. The highest BCUT2D eigenvalue weighted by Gasteiger charge is 2.06. The maximum Gasteiger partial charge on any atom is 0.101 e. The van der Waals surface area contributed by atoms with E-state index in [1.54, 1.807) is 6.07 Å². The lowest BCUT2D eigenvalue weighted by Crippen LogP contribution is -1.85. The van der Waals surface area contributed by atoms with Gasteiger partial charge < -0.3 is 0 Å². The standard InChI is InChI=1S/C8H4Cl3N/c9-3-5-1-7(10)2-6(4-12)8(5)11/h1-2H,3H2. The van der Waals surface area contributed by atoms with Crippen LogP contribution >= 0.6 is 34.8 Å². The Morgan fingerprint density at radius 3 is 2.50 bits per heavy atom. The molecule has 0 saturated heterocycles. The second-order valence-electron chi connectivity index (χ2n) is 2.17. The van der Waals surface area contributed by atoms with E-state index < -0.39 is 0 Å². The third kappa shape index (κ3) is 1.84. The van der Waals surface area contributed by atoms with Crippen molar-refractivity contribution in [2.75, 3.05) is 0 Å². The van der Waals surface area contributed by atoms with E-state index in [1.807, 2.05) is 6.07 Å². The van der Waals surface area contributed by atoms with Crippen LogP contribution in [0.3, 0.4) is 0 Å². The molecule has 0 heterocycles. The van der Waals surface area contributed by atoms with Gasteiger partial charge in [-0.15, -0.1) is 11.6 Å². The molecule has 0 amide bonds. The van der Waals surface area contributed by atoms with Gasteiger partial charge in [-0.1, -0.05) is 23.2 Å². The molecule has 0 unspecified atom stereocenters. The van der Waals surface area contributed by atoms with E-state index in [-0.39, 0.29) is 5.88 Å². The molecular formula is C8H4Cl3N. The molecule has 12 heavy (non-hydrogen) atoms. The third-order valence-electron chi connectivity index (χ3n) is 1.38. The minimum Gasteiger partial charge on any atom is -0.192 e. The highest BCUT2D eigenvalue weighted by Crippen LogP contribution is 2.26. The molecule has 0 saturated carbocycles.